The topological polar surface area (TPSA) is 48.1 Å². The molecule has 5 aromatic rings. The average molecular weight is 378 g/mol. The predicted octanol–water partition coefficient (Wildman–Crippen LogP) is 6.67. The van der Waals surface area contributed by atoms with Gasteiger partial charge < -0.3 is 4.57 Å². The predicted molar refractivity (Wildman–Crippen MR) is 118 cm³/mol. The minimum Gasteiger partial charge on any atom is -0.309 e. The molecule has 1 heterocycles. The smallest absolute Gasteiger partial charge is 0.277 e. The number of hydrogen-bond donors (Lipinski definition) is 0. The third-order valence-corrected chi connectivity index (χ3v) is 5.35. The molecule has 0 unspecified atom stereocenters. The van der Waals surface area contributed by atoms with Gasteiger partial charge in [0.1, 0.15) is 0 Å². The second-order valence-electron chi connectivity index (χ2n) is 7.17. The standard InChI is InChI=1S/C25H18N2O2/c1-17-14-15-20(24(16-17)27(28)29)22-12-7-11-21-19-10-5-6-13-23(19)26(25(21)22)18-8-3-2-4-9-18/h2-16H,1H3. The molecular weight excluding hydrogens is 360 g/mol. The van der Waals surface area contributed by atoms with Gasteiger partial charge in [-0.3, -0.25) is 10.1 Å². The van der Waals surface area contributed by atoms with Crippen LogP contribution in [0.5, 0.6) is 0 Å². The molecule has 4 nitrogen and oxygen atoms in total. The fourth-order valence-electron chi connectivity index (χ4n) is 4.10. The van der Waals surface area contributed by atoms with E-state index >= 15 is 0 Å². The number of benzene rings is 4. The summed E-state index contributed by atoms with van der Waals surface area (Å²) >= 11 is 0. The largest absolute Gasteiger partial charge is 0.309 e. The van der Waals surface area contributed by atoms with E-state index in [1.807, 2.05) is 61.5 Å². The van der Waals surface area contributed by atoms with E-state index in [9.17, 15) is 10.1 Å². The molecule has 0 aliphatic carbocycles. The van der Waals surface area contributed by atoms with Crippen molar-refractivity contribution >= 4 is 27.5 Å². The van der Waals surface area contributed by atoms with Gasteiger partial charge in [0, 0.05) is 28.1 Å². The van der Waals surface area contributed by atoms with Crippen molar-refractivity contribution in [1.82, 2.24) is 4.57 Å². The third kappa shape index (κ3) is 2.69. The maximum Gasteiger partial charge on any atom is 0.277 e. The summed E-state index contributed by atoms with van der Waals surface area (Å²) in [6.07, 6.45) is 0. The van der Waals surface area contributed by atoms with Gasteiger partial charge in [0.05, 0.1) is 21.5 Å². The molecule has 0 radical (unpaired) electrons. The Kier molecular flexibility index (Phi) is 3.91. The van der Waals surface area contributed by atoms with Gasteiger partial charge in [-0.15, -0.1) is 0 Å². The van der Waals surface area contributed by atoms with Gasteiger partial charge >= 0.3 is 0 Å². The van der Waals surface area contributed by atoms with Crippen LogP contribution in [0.25, 0.3) is 38.6 Å². The number of rotatable bonds is 3. The second kappa shape index (κ2) is 6.60. The highest BCUT2D eigenvalue weighted by Crippen LogP contribution is 2.40. The number of hydrogen-bond acceptors (Lipinski definition) is 2. The maximum absolute atomic E-state index is 11.8. The fraction of sp³-hybridized carbons (Fsp3) is 0.0400. The lowest BCUT2D eigenvalue weighted by Gasteiger charge is -2.12. The minimum absolute atomic E-state index is 0.127. The Bertz CT molecular complexity index is 1380. The third-order valence-electron chi connectivity index (χ3n) is 5.35. The van der Waals surface area contributed by atoms with E-state index in [0.29, 0.717) is 5.56 Å². The summed E-state index contributed by atoms with van der Waals surface area (Å²) in [5.74, 6) is 0. The molecule has 0 atom stereocenters. The van der Waals surface area contributed by atoms with E-state index in [1.165, 1.54) is 0 Å². The van der Waals surface area contributed by atoms with Crippen LogP contribution >= 0.6 is 0 Å². The Morgan fingerprint density at radius 2 is 1.48 bits per heavy atom. The van der Waals surface area contributed by atoms with Crippen molar-refractivity contribution in [2.75, 3.05) is 0 Å². The van der Waals surface area contributed by atoms with Crippen LogP contribution in [0.2, 0.25) is 0 Å². The van der Waals surface area contributed by atoms with Crippen LogP contribution in [0.1, 0.15) is 5.56 Å². The molecule has 0 bridgehead atoms. The number of nitro benzene ring substituents is 1. The first-order valence-corrected chi connectivity index (χ1v) is 9.48. The lowest BCUT2D eigenvalue weighted by atomic mass is 9.99. The molecule has 4 heteroatoms. The van der Waals surface area contributed by atoms with Crippen molar-refractivity contribution in [1.29, 1.82) is 0 Å². The van der Waals surface area contributed by atoms with E-state index < -0.39 is 0 Å². The van der Waals surface area contributed by atoms with Crippen LogP contribution in [0.4, 0.5) is 5.69 Å². The van der Waals surface area contributed by atoms with Gasteiger partial charge in [-0.05, 0) is 36.8 Å². The van der Waals surface area contributed by atoms with Gasteiger partial charge in [-0.1, -0.05) is 60.7 Å². The molecule has 0 aliphatic rings. The molecule has 0 N–H and O–H groups in total. The monoisotopic (exact) mass is 378 g/mol. The Morgan fingerprint density at radius 3 is 2.28 bits per heavy atom. The summed E-state index contributed by atoms with van der Waals surface area (Å²) in [7, 11) is 0. The van der Waals surface area contributed by atoms with Crippen molar-refractivity contribution in [2.45, 2.75) is 6.92 Å². The Labute approximate surface area is 167 Å². The normalized spacial score (nSPS) is 11.2. The van der Waals surface area contributed by atoms with Crippen LogP contribution in [-0.2, 0) is 0 Å². The summed E-state index contributed by atoms with van der Waals surface area (Å²) in [5, 5.41) is 14.0. The molecule has 0 spiro atoms. The number of aryl methyl sites for hydroxylation is 1. The van der Waals surface area contributed by atoms with E-state index in [2.05, 4.69) is 34.9 Å². The summed E-state index contributed by atoms with van der Waals surface area (Å²) in [5.41, 5.74) is 5.57. The molecular formula is C25H18N2O2. The molecule has 0 saturated heterocycles. The highest BCUT2D eigenvalue weighted by molar-refractivity contribution is 6.14. The fourth-order valence-corrected chi connectivity index (χ4v) is 4.10. The summed E-state index contributed by atoms with van der Waals surface area (Å²) in [4.78, 5) is 11.5. The van der Waals surface area contributed by atoms with Crippen LogP contribution in [0.3, 0.4) is 0 Å². The van der Waals surface area contributed by atoms with Crippen molar-refractivity contribution in [3.8, 4) is 16.8 Å². The minimum atomic E-state index is -0.295. The zero-order valence-corrected chi connectivity index (χ0v) is 15.9. The van der Waals surface area contributed by atoms with E-state index in [4.69, 9.17) is 0 Å². The number of nitro groups is 1. The van der Waals surface area contributed by atoms with Crippen molar-refractivity contribution in [3.05, 3.63) is 107 Å². The number of nitrogens with zero attached hydrogens (tertiary/aromatic N) is 2. The van der Waals surface area contributed by atoms with E-state index in [1.54, 1.807) is 6.07 Å². The molecule has 5 rings (SSSR count). The van der Waals surface area contributed by atoms with Gasteiger partial charge in [-0.2, -0.15) is 0 Å². The van der Waals surface area contributed by atoms with E-state index in [-0.39, 0.29) is 10.6 Å². The summed E-state index contributed by atoms with van der Waals surface area (Å²) in [6.45, 7) is 1.87. The first-order valence-electron chi connectivity index (χ1n) is 9.48. The average Bonchev–Trinajstić information content (AvgIpc) is 3.09. The molecule has 0 fully saturated rings. The summed E-state index contributed by atoms with van der Waals surface area (Å²) in [6, 6.07) is 29.8. The lowest BCUT2D eigenvalue weighted by Crippen LogP contribution is -1.97. The Balaban J connectivity index is 1.97. The van der Waals surface area contributed by atoms with Crippen molar-refractivity contribution in [3.63, 3.8) is 0 Å². The van der Waals surface area contributed by atoms with Gasteiger partial charge in [0.25, 0.3) is 5.69 Å². The quantitative estimate of drug-likeness (QED) is 0.260. The highest BCUT2D eigenvalue weighted by Gasteiger charge is 2.21. The van der Waals surface area contributed by atoms with Gasteiger partial charge in [0.15, 0.2) is 0 Å². The number of para-hydroxylation sites is 3. The maximum atomic E-state index is 11.8. The zero-order chi connectivity index (χ0) is 20.0. The van der Waals surface area contributed by atoms with Gasteiger partial charge in [-0.25, -0.2) is 0 Å². The first kappa shape index (κ1) is 17.2. The van der Waals surface area contributed by atoms with Crippen molar-refractivity contribution < 1.29 is 4.92 Å². The molecule has 29 heavy (non-hydrogen) atoms. The van der Waals surface area contributed by atoms with Crippen LogP contribution in [0.15, 0.2) is 91.0 Å². The Morgan fingerprint density at radius 1 is 0.759 bits per heavy atom. The molecule has 0 saturated carbocycles. The van der Waals surface area contributed by atoms with Gasteiger partial charge in [0.2, 0.25) is 0 Å². The molecule has 1 aromatic heterocycles. The Hall–Kier alpha value is -3.92. The highest BCUT2D eigenvalue weighted by atomic mass is 16.6. The lowest BCUT2D eigenvalue weighted by molar-refractivity contribution is -0.384. The molecule has 4 aromatic carbocycles. The van der Waals surface area contributed by atoms with Crippen LogP contribution in [0, 0.1) is 17.0 Å². The molecule has 0 amide bonds. The van der Waals surface area contributed by atoms with Crippen LogP contribution in [-0.4, -0.2) is 9.49 Å². The van der Waals surface area contributed by atoms with Crippen molar-refractivity contribution in [2.24, 2.45) is 0 Å². The summed E-state index contributed by atoms with van der Waals surface area (Å²) < 4.78 is 2.20. The zero-order valence-electron chi connectivity index (χ0n) is 15.9. The van der Waals surface area contributed by atoms with E-state index in [0.717, 1.165) is 38.6 Å². The molecule has 140 valence electrons. The first-order chi connectivity index (χ1) is 14.1. The number of fused-ring (bicyclic) bond motifs is 3. The number of aromatic nitrogens is 1. The SMILES string of the molecule is Cc1ccc(-c2cccc3c4ccccc4n(-c4ccccc4)c23)c([N+](=O)[O-])c1. The second-order valence-corrected chi connectivity index (χ2v) is 7.17. The van der Waals surface area contributed by atoms with Crippen LogP contribution < -0.4 is 0 Å². The molecule has 0 aliphatic heterocycles.